The molecule has 0 spiro atoms. The van der Waals surface area contributed by atoms with E-state index in [9.17, 15) is 4.79 Å². The lowest BCUT2D eigenvalue weighted by Gasteiger charge is -2.29. The quantitative estimate of drug-likeness (QED) is 0.816. The number of carbonyl (C=O) groups excluding carboxylic acids is 1. The number of ether oxygens (including phenoxy) is 3. The number of nitrogens with one attached hydrogen (secondary N) is 1. The number of amides is 1. The van der Waals surface area contributed by atoms with Gasteiger partial charge < -0.3 is 19.5 Å². The molecule has 0 radical (unpaired) electrons. The van der Waals surface area contributed by atoms with E-state index in [4.69, 9.17) is 14.2 Å². The average molecular weight is 322 g/mol. The molecule has 0 fully saturated rings. The molecule has 0 saturated carbocycles. The maximum Gasteiger partial charge on any atom is 0.416 e. The molecule has 1 aromatic rings. The summed E-state index contributed by atoms with van der Waals surface area (Å²) in [6.07, 6.45) is -0.442. The maximum atomic E-state index is 12.5. The van der Waals surface area contributed by atoms with Gasteiger partial charge in [-0.15, -0.1) is 0 Å². The molecular formula is C17H26N2O4. The van der Waals surface area contributed by atoms with Gasteiger partial charge in [0.05, 0.1) is 0 Å². The zero-order valence-corrected chi connectivity index (χ0v) is 14.3. The Labute approximate surface area is 137 Å². The molecule has 2 rings (SSSR count). The lowest BCUT2D eigenvalue weighted by atomic mass is 10.2. The minimum atomic E-state index is -0.788. The molecule has 0 aliphatic carbocycles. The van der Waals surface area contributed by atoms with Gasteiger partial charge in [-0.05, 0) is 52.4 Å². The monoisotopic (exact) mass is 322 g/mol. The van der Waals surface area contributed by atoms with Crippen molar-refractivity contribution in [2.24, 2.45) is 0 Å². The van der Waals surface area contributed by atoms with Crippen molar-refractivity contribution in [1.29, 1.82) is 0 Å². The predicted molar refractivity (Wildman–Crippen MR) is 87.6 cm³/mol. The maximum absolute atomic E-state index is 12.5. The zero-order valence-electron chi connectivity index (χ0n) is 14.3. The lowest BCUT2D eigenvalue weighted by Crippen LogP contribution is -2.48. The highest BCUT2D eigenvalue weighted by Gasteiger charge is 2.35. The van der Waals surface area contributed by atoms with Crippen molar-refractivity contribution in [2.75, 3.05) is 19.6 Å². The topological polar surface area (TPSA) is 60.0 Å². The molecule has 0 bridgehead atoms. The summed E-state index contributed by atoms with van der Waals surface area (Å²) in [5.74, 6) is 1.27. The summed E-state index contributed by atoms with van der Waals surface area (Å²) in [7, 11) is 0. The molecular weight excluding hydrogens is 296 g/mol. The van der Waals surface area contributed by atoms with Gasteiger partial charge in [-0.25, -0.2) is 9.69 Å². The van der Waals surface area contributed by atoms with E-state index < -0.39 is 18.1 Å². The molecule has 0 aromatic heterocycles. The first-order valence-corrected chi connectivity index (χ1v) is 8.03. The van der Waals surface area contributed by atoms with E-state index in [1.165, 1.54) is 4.90 Å². The van der Waals surface area contributed by atoms with Crippen LogP contribution >= 0.6 is 0 Å². The van der Waals surface area contributed by atoms with E-state index in [1.54, 1.807) is 0 Å². The second-order valence-electron chi connectivity index (χ2n) is 6.37. The highest BCUT2D eigenvalue weighted by atomic mass is 16.7. The Morgan fingerprint density at radius 1 is 1.26 bits per heavy atom. The number of para-hydroxylation sites is 2. The first kappa shape index (κ1) is 17.4. The summed E-state index contributed by atoms with van der Waals surface area (Å²) in [6.45, 7) is 9.77. The molecule has 128 valence electrons. The van der Waals surface area contributed by atoms with Crippen LogP contribution < -0.4 is 14.8 Å². The number of benzene rings is 1. The fraction of sp³-hybridized carbons (Fsp3) is 0.588. The van der Waals surface area contributed by atoms with Crippen LogP contribution in [-0.4, -0.2) is 42.6 Å². The van der Waals surface area contributed by atoms with Crippen LogP contribution in [0.25, 0.3) is 0 Å². The molecule has 6 nitrogen and oxygen atoms in total. The van der Waals surface area contributed by atoms with Crippen LogP contribution in [0.15, 0.2) is 24.3 Å². The third-order valence-corrected chi connectivity index (χ3v) is 3.19. The molecule has 1 heterocycles. The van der Waals surface area contributed by atoms with Gasteiger partial charge in [-0.3, -0.25) is 0 Å². The number of fused-ring (bicyclic) bond motifs is 1. The highest BCUT2D eigenvalue weighted by Crippen LogP contribution is 2.35. The second kappa shape index (κ2) is 7.55. The molecule has 1 aliphatic heterocycles. The third-order valence-electron chi connectivity index (χ3n) is 3.19. The molecule has 23 heavy (non-hydrogen) atoms. The van der Waals surface area contributed by atoms with Crippen LogP contribution in [-0.2, 0) is 4.74 Å². The summed E-state index contributed by atoms with van der Waals surface area (Å²) < 4.78 is 17.0. The Morgan fingerprint density at radius 2 is 1.87 bits per heavy atom. The van der Waals surface area contributed by atoms with E-state index in [1.807, 2.05) is 52.0 Å². The van der Waals surface area contributed by atoms with Crippen molar-refractivity contribution in [2.45, 2.75) is 46.1 Å². The van der Waals surface area contributed by atoms with Gasteiger partial charge in [0.2, 0.25) is 0 Å². The van der Waals surface area contributed by atoms with E-state index in [0.29, 0.717) is 18.0 Å². The summed E-state index contributed by atoms with van der Waals surface area (Å²) in [5.41, 5.74) is -0.567. The normalized spacial score (nSPS) is 13.9. The molecule has 1 N–H and O–H groups in total. The van der Waals surface area contributed by atoms with E-state index in [2.05, 4.69) is 5.32 Å². The average Bonchev–Trinajstić information content (AvgIpc) is 2.88. The van der Waals surface area contributed by atoms with Gasteiger partial charge in [0.1, 0.15) is 5.60 Å². The molecule has 0 saturated heterocycles. The Bertz CT molecular complexity index is 503. The number of hydrogen-bond acceptors (Lipinski definition) is 5. The van der Waals surface area contributed by atoms with Crippen molar-refractivity contribution >= 4 is 6.09 Å². The summed E-state index contributed by atoms with van der Waals surface area (Å²) >= 11 is 0. The summed E-state index contributed by atoms with van der Waals surface area (Å²) in [4.78, 5) is 14.0. The lowest BCUT2D eigenvalue weighted by molar-refractivity contribution is -0.0898. The van der Waals surface area contributed by atoms with Crippen LogP contribution in [0.4, 0.5) is 4.79 Å². The number of hydrogen-bond donors (Lipinski definition) is 1. The molecule has 6 heteroatoms. The van der Waals surface area contributed by atoms with Crippen molar-refractivity contribution in [3.8, 4) is 11.5 Å². The second-order valence-corrected chi connectivity index (χ2v) is 6.37. The molecule has 1 amide bonds. The van der Waals surface area contributed by atoms with E-state index >= 15 is 0 Å². The predicted octanol–water partition coefficient (Wildman–Crippen LogP) is 2.98. The van der Waals surface area contributed by atoms with Gasteiger partial charge in [-0.2, -0.15) is 0 Å². The van der Waals surface area contributed by atoms with E-state index in [-0.39, 0.29) is 0 Å². The highest BCUT2D eigenvalue weighted by molar-refractivity contribution is 5.68. The number of carbonyl (C=O) groups is 1. The number of nitrogens with zero attached hydrogens (tertiary/aromatic N) is 1. The first-order chi connectivity index (χ1) is 10.9. The minimum absolute atomic E-state index is 0.438. The smallest absolute Gasteiger partial charge is 0.416 e. The fourth-order valence-corrected chi connectivity index (χ4v) is 2.17. The Hall–Kier alpha value is -1.95. The van der Waals surface area contributed by atoms with Crippen molar-refractivity contribution in [3.05, 3.63) is 24.3 Å². The molecule has 0 unspecified atom stereocenters. The van der Waals surface area contributed by atoms with Gasteiger partial charge in [0.15, 0.2) is 11.5 Å². The van der Waals surface area contributed by atoms with E-state index in [0.717, 1.165) is 19.5 Å². The SMILES string of the molecule is CCNCCCN(C(=O)OC(C)(C)C)C1Oc2ccccc2O1. The van der Waals surface area contributed by atoms with Crippen molar-refractivity contribution < 1.29 is 19.0 Å². The van der Waals surface area contributed by atoms with Crippen LogP contribution in [0.3, 0.4) is 0 Å². The zero-order chi connectivity index (χ0) is 16.9. The largest absolute Gasteiger partial charge is 0.444 e. The first-order valence-electron chi connectivity index (χ1n) is 8.03. The van der Waals surface area contributed by atoms with Gasteiger partial charge in [-0.1, -0.05) is 19.1 Å². The fourth-order valence-electron chi connectivity index (χ4n) is 2.17. The van der Waals surface area contributed by atoms with Gasteiger partial charge in [0.25, 0.3) is 0 Å². The number of rotatable bonds is 6. The summed E-state index contributed by atoms with van der Waals surface area (Å²) in [5, 5.41) is 3.24. The summed E-state index contributed by atoms with van der Waals surface area (Å²) in [6, 6.07) is 7.38. The Balaban J connectivity index is 2.03. The van der Waals surface area contributed by atoms with Crippen LogP contribution in [0.2, 0.25) is 0 Å². The van der Waals surface area contributed by atoms with Crippen LogP contribution in [0.1, 0.15) is 34.1 Å². The third kappa shape index (κ3) is 5.03. The Kier molecular flexibility index (Phi) is 5.71. The van der Waals surface area contributed by atoms with Crippen molar-refractivity contribution in [3.63, 3.8) is 0 Å². The van der Waals surface area contributed by atoms with Gasteiger partial charge in [0, 0.05) is 6.54 Å². The Morgan fingerprint density at radius 3 is 2.39 bits per heavy atom. The molecule has 1 aliphatic rings. The minimum Gasteiger partial charge on any atom is -0.444 e. The van der Waals surface area contributed by atoms with Gasteiger partial charge >= 0.3 is 12.5 Å². The van der Waals surface area contributed by atoms with Crippen molar-refractivity contribution in [1.82, 2.24) is 10.2 Å². The van der Waals surface area contributed by atoms with Crippen LogP contribution in [0.5, 0.6) is 11.5 Å². The standard InChI is InChI=1S/C17H26N2O4/c1-5-18-11-8-12-19(15(20)23-17(2,3)4)16-21-13-9-6-7-10-14(13)22-16/h6-7,9-10,16,18H,5,8,11-12H2,1-4H3. The molecule has 1 aromatic carbocycles. The molecule has 0 atom stereocenters. The van der Waals surface area contributed by atoms with Crippen LogP contribution in [0, 0.1) is 0 Å².